The fraction of sp³-hybridized carbons (Fsp3) is 0.353. The Kier molecular flexibility index (Phi) is 9.62. The Morgan fingerprint density at radius 2 is 1.64 bits per heavy atom. The van der Waals surface area contributed by atoms with Crippen molar-refractivity contribution in [2.45, 2.75) is 39.7 Å². The Morgan fingerprint density at radius 1 is 0.956 bits per heavy atom. The van der Waals surface area contributed by atoms with Gasteiger partial charge in [0.05, 0.1) is 48.8 Å². The third-order valence-corrected chi connectivity index (χ3v) is 9.14. The average molecular weight is 632 g/mol. The molecule has 238 valence electrons. The molecule has 1 saturated heterocycles. The molecule has 0 saturated carbocycles. The molecule has 1 aliphatic rings. The molecular formula is C34H41N5O5S. The Morgan fingerprint density at radius 3 is 2.29 bits per heavy atom. The predicted octanol–water partition coefficient (Wildman–Crippen LogP) is 6.45. The zero-order chi connectivity index (χ0) is 32.2. The SMILES string of the molecule is CCS(=O)(=O)Nc1cc(C(C)(C)C)cc(NC(=O)Nc2ccc(-c3ccc(CN4CCOCC4)nc3)c3ccccc23)c1OC. The van der Waals surface area contributed by atoms with E-state index >= 15 is 0 Å². The van der Waals surface area contributed by atoms with Gasteiger partial charge < -0.3 is 20.1 Å². The van der Waals surface area contributed by atoms with Crippen LogP contribution in [0.25, 0.3) is 21.9 Å². The summed E-state index contributed by atoms with van der Waals surface area (Å²) in [4.78, 5) is 20.5. The number of sulfonamides is 1. The van der Waals surface area contributed by atoms with Gasteiger partial charge in [0, 0.05) is 36.8 Å². The number of anilines is 3. The third-order valence-electron chi connectivity index (χ3n) is 7.85. The van der Waals surface area contributed by atoms with Crippen LogP contribution in [-0.4, -0.2) is 63.5 Å². The molecule has 0 radical (unpaired) electrons. The number of hydrogen-bond donors (Lipinski definition) is 3. The summed E-state index contributed by atoms with van der Waals surface area (Å²) < 4.78 is 38.5. The van der Waals surface area contributed by atoms with Crippen LogP contribution in [0.2, 0.25) is 0 Å². The maximum atomic E-state index is 13.4. The molecule has 1 aliphatic heterocycles. The molecule has 10 nitrogen and oxygen atoms in total. The van der Waals surface area contributed by atoms with Crippen LogP contribution < -0.4 is 20.1 Å². The number of carbonyl (C=O) groups excluding carboxylic acids is 1. The largest absolute Gasteiger partial charge is 0.492 e. The normalized spacial score (nSPS) is 14.2. The standard InChI is InChI=1S/C34H41N5O5S/c1-6-45(41,42)38-31-20-24(34(2,3)4)19-30(32(31)43-5)37-33(40)36-29-14-13-26(27-9-7-8-10-28(27)29)23-11-12-25(35-21-23)22-39-15-17-44-18-16-39/h7-14,19-21,38H,6,15-18,22H2,1-5H3,(H2,36,37,40). The number of amides is 2. The van der Waals surface area contributed by atoms with Crippen LogP contribution in [0.1, 0.15) is 39.0 Å². The lowest BCUT2D eigenvalue weighted by molar-refractivity contribution is 0.0336. The van der Waals surface area contributed by atoms with E-state index in [0.717, 1.165) is 66.0 Å². The molecule has 0 unspecified atom stereocenters. The van der Waals surface area contributed by atoms with E-state index in [-0.39, 0.29) is 22.6 Å². The lowest BCUT2D eigenvalue weighted by Crippen LogP contribution is -2.35. The Bertz CT molecular complexity index is 1780. The number of nitrogens with one attached hydrogen (secondary N) is 3. The van der Waals surface area contributed by atoms with Gasteiger partial charge >= 0.3 is 6.03 Å². The van der Waals surface area contributed by atoms with Crippen molar-refractivity contribution in [1.82, 2.24) is 9.88 Å². The molecule has 3 N–H and O–H groups in total. The highest BCUT2D eigenvalue weighted by molar-refractivity contribution is 7.92. The number of nitrogens with zero attached hydrogens (tertiary/aromatic N) is 2. The molecule has 1 fully saturated rings. The monoisotopic (exact) mass is 631 g/mol. The van der Waals surface area contributed by atoms with Crippen molar-refractivity contribution < 1.29 is 22.7 Å². The van der Waals surface area contributed by atoms with E-state index in [1.54, 1.807) is 19.1 Å². The molecule has 45 heavy (non-hydrogen) atoms. The van der Waals surface area contributed by atoms with Gasteiger partial charge in [-0.2, -0.15) is 0 Å². The summed E-state index contributed by atoms with van der Waals surface area (Å²) in [6.45, 7) is 11.7. The molecule has 0 atom stereocenters. The summed E-state index contributed by atoms with van der Waals surface area (Å²) in [6, 6.07) is 19.0. The van der Waals surface area contributed by atoms with E-state index in [0.29, 0.717) is 11.4 Å². The van der Waals surface area contributed by atoms with Gasteiger partial charge in [0.15, 0.2) is 5.75 Å². The highest BCUT2D eigenvalue weighted by Gasteiger charge is 2.23. The van der Waals surface area contributed by atoms with E-state index in [1.165, 1.54) is 7.11 Å². The van der Waals surface area contributed by atoms with E-state index in [1.807, 2.05) is 63.4 Å². The van der Waals surface area contributed by atoms with Gasteiger partial charge in [-0.1, -0.05) is 57.2 Å². The molecule has 4 aromatic rings. The van der Waals surface area contributed by atoms with Gasteiger partial charge in [0.1, 0.15) is 0 Å². The van der Waals surface area contributed by atoms with E-state index in [4.69, 9.17) is 14.5 Å². The van der Waals surface area contributed by atoms with Gasteiger partial charge in [-0.25, -0.2) is 13.2 Å². The molecule has 1 aromatic heterocycles. The van der Waals surface area contributed by atoms with Crippen LogP contribution in [-0.2, 0) is 26.7 Å². The van der Waals surface area contributed by atoms with Gasteiger partial charge in [0.25, 0.3) is 0 Å². The first-order valence-corrected chi connectivity index (χ1v) is 16.7. The second kappa shape index (κ2) is 13.4. The first-order valence-electron chi connectivity index (χ1n) is 15.1. The number of carbonyl (C=O) groups is 1. The summed E-state index contributed by atoms with van der Waals surface area (Å²) >= 11 is 0. The van der Waals surface area contributed by atoms with Gasteiger partial charge in [-0.15, -0.1) is 0 Å². The number of methoxy groups -OCH3 is 1. The summed E-state index contributed by atoms with van der Waals surface area (Å²) in [7, 11) is -2.15. The summed E-state index contributed by atoms with van der Waals surface area (Å²) in [5.74, 6) is 0.122. The number of aromatic nitrogens is 1. The second-order valence-corrected chi connectivity index (χ2v) is 14.1. The van der Waals surface area contributed by atoms with Crippen LogP contribution in [0.5, 0.6) is 5.75 Å². The minimum absolute atomic E-state index is 0.100. The first-order chi connectivity index (χ1) is 21.5. The van der Waals surface area contributed by atoms with E-state index in [9.17, 15) is 13.2 Å². The van der Waals surface area contributed by atoms with Crippen molar-refractivity contribution in [3.05, 3.63) is 78.1 Å². The molecular weight excluding hydrogens is 590 g/mol. The van der Waals surface area contributed by atoms with Crippen LogP contribution in [0.3, 0.4) is 0 Å². The number of morpholine rings is 1. The highest BCUT2D eigenvalue weighted by atomic mass is 32.2. The Labute approximate surface area is 265 Å². The van der Waals surface area contributed by atoms with Gasteiger partial charge in [-0.05, 0) is 53.1 Å². The second-order valence-electron chi connectivity index (χ2n) is 12.1. The summed E-state index contributed by atoms with van der Waals surface area (Å²) in [5.41, 5.74) is 4.74. The van der Waals surface area contributed by atoms with Crippen molar-refractivity contribution >= 4 is 43.9 Å². The molecule has 0 aliphatic carbocycles. The molecule has 0 bridgehead atoms. The number of hydrogen-bond acceptors (Lipinski definition) is 7. The van der Waals surface area contributed by atoms with Crippen LogP contribution in [0.4, 0.5) is 21.9 Å². The maximum absolute atomic E-state index is 13.4. The number of pyridine rings is 1. The molecule has 11 heteroatoms. The summed E-state index contributed by atoms with van der Waals surface area (Å²) in [6.07, 6.45) is 1.90. The topological polar surface area (TPSA) is 122 Å². The smallest absolute Gasteiger partial charge is 0.323 e. The molecule has 2 amide bonds. The van der Waals surface area contributed by atoms with Crippen molar-refractivity contribution in [1.29, 1.82) is 0 Å². The molecule has 5 rings (SSSR count). The highest BCUT2D eigenvalue weighted by Crippen LogP contribution is 2.39. The number of fused-ring (bicyclic) bond motifs is 1. The third kappa shape index (κ3) is 7.73. The fourth-order valence-corrected chi connectivity index (χ4v) is 5.92. The zero-order valence-corrected chi connectivity index (χ0v) is 27.3. The molecule has 0 spiro atoms. The van der Waals surface area contributed by atoms with E-state index in [2.05, 4.69) is 32.4 Å². The number of urea groups is 1. The van der Waals surface area contributed by atoms with Crippen molar-refractivity contribution in [3.8, 4) is 16.9 Å². The number of benzene rings is 3. The lowest BCUT2D eigenvalue weighted by atomic mass is 9.86. The zero-order valence-electron chi connectivity index (χ0n) is 26.4. The van der Waals surface area contributed by atoms with Crippen molar-refractivity contribution in [2.24, 2.45) is 0 Å². The number of rotatable bonds is 9. The van der Waals surface area contributed by atoms with Crippen LogP contribution in [0.15, 0.2) is 66.9 Å². The lowest BCUT2D eigenvalue weighted by Gasteiger charge is -2.26. The van der Waals surface area contributed by atoms with E-state index < -0.39 is 16.1 Å². The molecule has 2 heterocycles. The Hall–Kier alpha value is -4.19. The van der Waals surface area contributed by atoms with Crippen molar-refractivity contribution in [2.75, 3.05) is 54.5 Å². The van der Waals surface area contributed by atoms with Gasteiger partial charge in [-0.3, -0.25) is 14.6 Å². The quantitative estimate of drug-likeness (QED) is 0.194. The average Bonchev–Trinajstić information content (AvgIpc) is 3.01. The minimum Gasteiger partial charge on any atom is -0.492 e. The van der Waals surface area contributed by atoms with Gasteiger partial charge in [0.2, 0.25) is 10.0 Å². The van der Waals surface area contributed by atoms with Crippen LogP contribution in [0, 0.1) is 0 Å². The first kappa shape index (κ1) is 32.2. The minimum atomic E-state index is -3.59. The number of ether oxygens (including phenoxy) is 2. The fourth-order valence-electron chi connectivity index (χ4n) is 5.29. The maximum Gasteiger partial charge on any atom is 0.323 e. The molecule has 3 aromatic carbocycles. The van der Waals surface area contributed by atoms with Crippen molar-refractivity contribution in [3.63, 3.8) is 0 Å². The van der Waals surface area contributed by atoms with Crippen LogP contribution >= 0.6 is 0 Å². The summed E-state index contributed by atoms with van der Waals surface area (Å²) in [5, 5.41) is 7.71. The Balaban J connectivity index is 1.41. The predicted molar refractivity (Wildman–Crippen MR) is 181 cm³/mol.